The predicted molar refractivity (Wildman–Crippen MR) is 180 cm³/mol. The average Bonchev–Trinajstić information content (AvgIpc) is 3.08. The lowest BCUT2D eigenvalue weighted by Gasteiger charge is -2.39. The van der Waals surface area contributed by atoms with Gasteiger partial charge in [0.05, 0.1) is 22.5 Å². The van der Waals surface area contributed by atoms with Crippen molar-refractivity contribution in [3.05, 3.63) is 94.0 Å². The van der Waals surface area contributed by atoms with E-state index >= 15 is 8.78 Å². The van der Waals surface area contributed by atoms with E-state index in [1.807, 2.05) is 0 Å². The van der Waals surface area contributed by atoms with Gasteiger partial charge in [0, 0.05) is 16.7 Å². The molecule has 0 saturated carbocycles. The number of benzene rings is 3. The lowest BCUT2D eigenvalue weighted by atomic mass is 9.82. The predicted octanol–water partition coefficient (Wildman–Crippen LogP) is 10.5. The van der Waals surface area contributed by atoms with Crippen molar-refractivity contribution >= 4 is 69.6 Å². The third kappa shape index (κ3) is 7.52. The summed E-state index contributed by atoms with van der Waals surface area (Å²) in [6, 6.07) is 13.2. The number of nitrogens with one attached hydrogen (secondary N) is 2. The molecule has 2 unspecified atom stereocenters. The van der Waals surface area contributed by atoms with Crippen LogP contribution in [0.25, 0.3) is 0 Å². The standard InChI is InChI=1S/C35H29Cl3F8N2O4/c1-2-3-4-5-6-7-10-19-13-15-20(16-14-19)29(51)47-23-17-18-24(26-25(23)27(49)21-11-8-9-12-22(21)28(26)50)48-30(52)31(39,40)32(36,41)34(43,44)33(37,42)35(38,45)46/h8-9,11-18H,2-7,10H2,1H3,(H,47,51)(H,48,52). The van der Waals surface area contributed by atoms with E-state index in [9.17, 15) is 45.5 Å². The zero-order valence-corrected chi connectivity index (χ0v) is 29.3. The highest BCUT2D eigenvalue weighted by Crippen LogP contribution is 2.60. The maximum absolute atomic E-state index is 15.0. The van der Waals surface area contributed by atoms with Gasteiger partial charge in [0.2, 0.25) is 0 Å². The molecular formula is C35H29Cl3F8N2O4. The molecule has 6 nitrogen and oxygen atoms in total. The maximum Gasteiger partial charge on any atom is 0.378 e. The zero-order chi connectivity index (χ0) is 38.9. The minimum atomic E-state index is -6.75. The van der Waals surface area contributed by atoms with E-state index in [0.29, 0.717) is 6.07 Å². The summed E-state index contributed by atoms with van der Waals surface area (Å²) in [6.45, 7) is 2.12. The van der Waals surface area contributed by atoms with Crippen LogP contribution in [0.2, 0.25) is 0 Å². The fourth-order valence-electron chi connectivity index (χ4n) is 5.47. The highest BCUT2D eigenvalue weighted by atomic mass is 35.5. The van der Waals surface area contributed by atoms with Crippen LogP contribution in [-0.2, 0) is 11.2 Å². The van der Waals surface area contributed by atoms with Crippen LogP contribution in [0, 0.1) is 0 Å². The van der Waals surface area contributed by atoms with Crippen molar-refractivity contribution in [3.63, 3.8) is 0 Å². The lowest BCUT2D eigenvalue weighted by Crippen LogP contribution is -2.67. The highest BCUT2D eigenvalue weighted by Gasteiger charge is 2.84. The fraction of sp³-hybridized carbons (Fsp3) is 0.371. The van der Waals surface area contributed by atoms with Crippen molar-refractivity contribution in [1.29, 1.82) is 0 Å². The van der Waals surface area contributed by atoms with Crippen LogP contribution < -0.4 is 10.6 Å². The van der Waals surface area contributed by atoms with Crippen molar-refractivity contribution in [2.24, 2.45) is 0 Å². The Labute approximate surface area is 307 Å². The molecule has 0 aliphatic heterocycles. The minimum Gasteiger partial charge on any atom is -0.321 e. The highest BCUT2D eigenvalue weighted by molar-refractivity contribution is 6.35. The third-order valence-electron chi connectivity index (χ3n) is 8.43. The lowest BCUT2D eigenvalue weighted by molar-refractivity contribution is -0.258. The number of carbonyl (C=O) groups is 4. The van der Waals surface area contributed by atoms with Crippen LogP contribution in [0.15, 0.2) is 60.7 Å². The number of carbonyl (C=O) groups excluding carboxylic acids is 4. The molecule has 2 N–H and O–H groups in total. The van der Waals surface area contributed by atoms with E-state index in [0.717, 1.165) is 56.2 Å². The Morgan fingerprint density at radius 3 is 1.62 bits per heavy atom. The summed E-state index contributed by atoms with van der Waals surface area (Å²) in [6.07, 6.45) is 7.32. The molecule has 0 bridgehead atoms. The summed E-state index contributed by atoms with van der Waals surface area (Å²) < 4.78 is 115. The van der Waals surface area contributed by atoms with E-state index in [2.05, 4.69) is 47.0 Å². The van der Waals surface area contributed by atoms with Crippen LogP contribution in [0.5, 0.6) is 0 Å². The van der Waals surface area contributed by atoms with Crippen LogP contribution >= 0.6 is 34.8 Å². The maximum atomic E-state index is 15.0. The average molecular weight is 800 g/mol. The largest absolute Gasteiger partial charge is 0.378 e. The number of amides is 2. The van der Waals surface area contributed by atoms with Gasteiger partial charge in [-0.05, 0) is 54.3 Å². The molecule has 3 aromatic carbocycles. The molecule has 1 aliphatic rings. The number of hydrogen-bond acceptors (Lipinski definition) is 4. The molecule has 0 heterocycles. The van der Waals surface area contributed by atoms with Gasteiger partial charge in [-0.3, -0.25) is 19.2 Å². The number of unbranched alkanes of at least 4 members (excludes halogenated alkanes) is 5. The Hall–Kier alpha value is -3.75. The van der Waals surface area contributed by atoms with Gasteiger partial charge in [-0.25, -0.2) is 8.78 Å². The summed E-state index contributed by atoms with van der Waals surface area (Å²) in [5.41, 5.74) is -2.22. The van der Waals surface area contributed by atoms with Crippen LogP contribution in [0.3, 0.4) is 0 Å². The number of hydrogen-bond donors (Lipinski definition) is 2. The summed E-state index contributed by atoms with van der Waals surface area (Å²) >= 11 is 13.2. The van der Waals surface area contributed by atoms with Gasteiger partial charge >= 0.3 is 27.5 Å². The Kier molecular flexibility index (Phi) is 12.1. The summed E-state index contributed by atoms with van der Waals surface area (Å²) in [5.74, 6) is -18.9. The van der Waals surface area contributed by atoms with E-state index in [4.69, 9.17) is 0 Å². The van der Waals surface area contributed by atoms with Crippen LogP contribution in [-0.4, -0.2) is 50.9 Å². The number of ketones is 2. The second-order valence-corrected chi connectivity index (χ2v) is 13.5. The molecule has 52 heavy (non-hydrogen) atoms. The quantitative estimate of drug-likeness (QED) is 0.0712. The number of rotatable bonds is 15. The summed E-state index contributed by atoms with van der Waals surface area (Å²) in [4.78, 5) is 53.2. The monoisotopic (exact) mass is 798 g/mol. The van der Waals surface area contributed by atoms with Crippen molar-refractivity contribution < 1.29 is 54.3 Å². The number of anilines is 2. The van der Waals surface area contributed by atoms with E-state index in [-0.39, 0.29) is 22.4 Å². The van der Waals surface area contributed by atoms with Gasteiger partial charge in [0.25, 0.3) is 11.8 Å². The Morgan fingerprint density at radius 1 is 0.635 bits per heavy atom. The molecule has 0 aromatic heterocycles. The Bertz CT molecular complexity index is 1870. The summed E-state index contributed by atoms with van der Waals surface area (Å²) in [7, 11) is 0. The third-order valence-corrected chi connectivity index (χ3v) is 9.74. The van der Waals surface area contributed by atoms with Crippen LogP contribution in [0.1, 0.15) is 93.2 Å². The normalized spacial score (nSPS) is 15.6. The van der Waals surface area contributed by atoms with Crippen LogP contribution in [0.4, 0.5) is 46.5 Å². The molecule has 2 atom stereocenters. The second kappa shape index (κ2) is 15.3. The number of alkyl halides is 11. The van der Waals surface area contributed by atoms with E-state index < -0.39 is 67.7 Å². The Balaban J connectivity index is 1.66. The van der Waals surface area contributed by atoms with E-state index in [1.165, 1.54) is 42.1 Å². The van der Waals surface area contributed by atoms with E-state index in [1.54, 1.807) is 12.1 Å². The summed E-state index contributed by atoms with van der Waals surface area (Å²) in [5, 5.41) is -14.5. The van der Waals surface area contributed by atoms with Gasteiger partial charge < -0.3 is 10.6 Å². The van der Waals surface area contributed by atoms with Gasteiger partial charge in [-0.15, -0.1) is 0 Å². The first-order chi connectivity index (χ1) is 24.1. The smallest absolute Gasteiger partial charge is 0.321 e. The van der Waals surface area contributed by atoms with Crippen molar-refractivity contribution in [2.75, 3.05) is 10.6 Å². The zero-order valence-electron chi connectivity index (χ0n) is 27.0. The number of fused-ring (bicyclic) bond motifs is 2. The molecule has 0 spiro atoms. The van der Waals surface area contributed by atoms with Gasteiger partial charge in [0.15, 0.2) is 11.6 Å². The van der Waals surface area contributed by atoms with Gasteiger partial charge in [0.1, 0.15) is 0 Å². The molecule has 0 radical (unpaired) electrons. The minimum absolute atomic E-state index is 0.125. The molecule has 2 amide bonds. The first-order valence-corrected chi connectivity index (χ1v) is 16.9. The topological polar surface area (TPSA) is 92.3 Å². The SMILES string of the molecule is CCCCCCCCc1ccc(C(=O)Nc2ccc(NC(=O)C(F)(F)C(F)(Cl)C(F)(F)C(F)(Cl)C(F)(F)Cl)c3c2C(=O)c2ccccc2C3=O)cc1. The van der Waals surface area contributed by atoms with Crippen molar-refractivity contribution in [2.45, 2.75) is 79.4 Å². The molecule has 0 saturated heterocycles. The molecule has 1 aliphatic carbocycles. The van der Waals surface area contributed by atoms with Crippen molar-refractivity contribution in [3.8, 4) is 0 Å². The molecule has 17 heteroatoms. The molecule has 280 valence electrons. The number of aryl methyl sites for hydroxylation is 1. The first-order valence-electron chi connectivity index (χ1n) is 15.8. The van der Waals surface area contributed by atoms with Gasteiger partial charge in [-0.1, -0.05) is 98.6 Å². The van der Waals surface area contributed by atoms with Crippen molar-refractivity contribution in [1.82, 2.24) is 0 Å². The fourth-order valence-corrected chi connectivity index (χ4v) is 5.99. The second-order valence-electron chi connectivity index (χ2n) is 12.0. The molecule has 3 aromatic rings. The molecule has 4 rings (SSSR count). The molecule has 0 fully saturated rings. The van der Waals surface area contributed by atoms with Gasteiger partial charge in [-0.2, -0.15) is 26.3 Å². The number of halogens is 11. The first kappa shape index (κ1) is 41.0. The molecular weight excluding hydrogens is 771 g/mol. The Morgan fingerprint density at radius 2 is 1.12 bits per heavy atom.